The van der Waals surface area contributed by atoms with Gasteiger partial charge in [-0.1, -0.05) is 24.9 Å². The van der Waals surface area contributed by atoms with Gasteiger partial charge in [0.05, 0.1) is 11.1 Å². The van der Waals surface area contributed by atoms with Gasteiger partial charge in [-0.05, 0) is 56.0 Å². The van der Waals surface area contributed by atoms with Gasteiger partial charge in [-0.2, -0.15) is 5.10 Å². The summed E-state index contributed by atoms with van der Waals surface area (Å²) in [7, 11) is 0. The fourth-order valence-corrected chi connectivity index (χ4v) is 3.49. The normalized spacial score (nSPS) is 13.7. The number of rotatable bonds is 7. The summed E-state index contributed by atoms with van der Waals surface area (Å²) >= 11 is 1.65. The van der Waals surface area contributed by atoms with E-state index in [-0.39, 0.29) is 5.91 Å². The fraction of sp³-hybridized carbons (Fsp3) is 0.350. The van der Waals surface area contributed by atoms with Gasteiger partial charge in [-0.25, -0.2) is 4.98 Å². The molecular weight excluding hydrogens is 358 g/mol. The molecule has 1 aliphatic rings. The molecule has 1 aromatic carbocycles. The van der Waals surface area contributed by atoms with Crippen LogP contribution in [0.25, 0.3) is 22.3 Å². The van der Waals surface area contributed by atoms with Gasteiger partial charge in [0.1, 0.15) is 5.82 Å². The number of anilines is 1. The molecule has 6 nitrogen and oxygen atoms in total. The number of nitrogens with zero attached hydrogens (tertiary/aromatic N) is 2. The zero-order valence-electron chi connectivity index (χ0n) is 15.5. The zero-order chi connectivity index (χ0) is 18.8. The van der Waals surface area contributed by atoms with Crippen molar-refractivity contribution in [2.75, 3.05) is 10.5 Å². The van der Waals surface area contributed by atoms with Crippen molar-refractivity contribution in [3.63, 3.8) is 0 Å². The van der Waals surface area contributed by atoms with Crippen molar-refractivity contribution in [1.82, 2.24) is 20.5 Å². The van der Waals surface area contributed by atoms with E-state index in [1.54, 1.807) is 11.9 Å². The van der Waals surface area contributed by atoms with Crippen molar-refractivity contribution in [1.29, 1.82) is 0 Å². The Balaban J connectivity index is 1.62. The summed E-state index contributed by atoms with van der Waals surface area (Å²) in [6.45, 7) is 4.18. The van der Waals surface area contributed by atoms with E-state index in [9.17, 15) is 4.79 Å². The van der Waals surface area contributed by atoms with Crippen LogP contribution in [0, 0.1) is 6.92 Å². The number of aryl methyl sites for hydroxylation is 1. The standard InChI is InChI=1S/C20H23N5OS/c1-3-10-27-25-19-15-8-9-17(22-18(15)23-24-19)16-11-13(5-4-12(16)2)20(26)21-14-6-7-14/h4-5,8-9,11,14H,3,6-7,10H2,1-2H3,(H,21,26)(H2,22,23,24,25). The second-order valence-electron chi connectivity index (χ2n) is 6.89. The molecule has 1 aliphatic carbocycles. The van der Waals surface area contributed by atoms with Crippen LogP contribution in [-0.4, -0.2) is 32.9 Å². The third-order valence-corrected chi connectivity index (χ3v) is 5.55. The van der Waals surface area contributed by atoms with Crippen LogP contribution >= 0.6 is 11.9 Å². The van der Waals surface area contributed by atoms with Gasteiger partial charge in [-0.15, -0.1) is 0 Å². The predicted octanol–water partition coefficient (Wildman–Crippen LogP) is 4.30. The van der Waals surface area contributed by atoms with Crippen LogP contribution in [-0.2, 0) is 0 Å². The molecule has 27 heavy (non-hydrogen) atoms. The molecule has 0 radical (unpaired) electrons. The lowest BCUT2D eigenvalue weighted by atomic mass is 10.0. The molecule has 4 rings (SSSR count). The number of hydrogen-bond donors (Lipinski definition) is 3. The molecule has 0 bridgehead atoms. The van der Waals surface area contributed by atoms with E-state index < -0.39 is 0 Å². The molecule has 0 aliphatic heterocycles. The SMILES string of the molecule is CCCSNc1[nH]nc2nc(-c3cc(C(=O)NC4CC4)ccc3C)ccc12. The van der Waals surface area contributed by atoms with Crippen LogP contribution in [0.3, 0.4) is 0 Å². The molecule has 3 aromatic rings. The van der Waals surface area contributed by atoms with Crippen LogP contribution in [0.1, 0.15) is 42.1 Å². The highest BCUT2D eigenvalue weighted by molar-refractivity contribution is 8.00. The lowest BCUT2D eigenvalue weighted by Crippen LogP contribution is -2.25. The number of hydrogen-bond acceptors (Lipinski definition) is 5. The molecule has 0 unspecified atom stereocenters. The molecule has 0 saturated heterocycles. The average molecular weight is 382 g/mol. The summed E-state index contributed by atoms with van der Waals surface area (Å²) in [5.41, 5.74) is 4.19. The minimum absolute atomic E-state index is 0.0148. The summed E-state index contributed by atoms with van der Waals surface area (Å²) in [6.07, 6.45) is 3.26. The highest BCUT2D eigenvalue weighted by atomic mass is 32.2. The number of aromatic amines is 1. The lowest BCUT2D eigenvalue weighted by molar-refractivity contribution is 0.0951. The van der Waals surface area contributed by atoms with Gasteiger partial charge >= 0.3 is 0 Å². The maximum atomic E-state index is 12.4. The van der Waals surface area contributed by atoms with E-state index in [1.165, 1.54) is 0 Å². The van der Waals surface area contributed by atoms with E-state index in [4.69, 9.17) is 4.98 Å². The van der Waals surface area contributed by atoms with Crippen molar-refractivity contribution in [2.24, 2.45) is 0 Å². The number of nitrogens with one attached hydrogen (secondary N) is 3. The van der Waals surface area contributed by atoms with Gasteiger partial charge in [0.2, 0.25) is 0 Å². The monoisotopic (exact) mass is 381 g/mol. The van der Waals surface area contributed by atoms with Crippen molar-refractivity contribution in [3.05, 3.63) is 41.5 Å². The Morgan fingerprint density at radius 3 is 2.93 bits per heavy atom. The maximum absolute atomic E-state index is 12.4. The molecular formula is C20H23N5OS. The molecule has 3 N–H and O–H groups in total. The van der Waals surface area contributed by atoms with Crippen molar-refractivity contribution < 1.29 is 4.79 Å². The summed E-state index contributed by atoms with van der Waals surface area (Å²) in [5.74, 6) is 1.89. The van der Waals surface area contributed by atoms with E-state index in [0.717, 1.165) is 53.0 Å². The molecule has 1 amide bonds. The number of carbonyl (C=O) groups is 1. The molecule has 1 saturated carbocycles. The van der Waals surface area contributed by atoms with Crippen LogP contribution < -0.4 is 10.0 Å². The lowest BCUT2D eigenvalue weighted by Gasteiger charge is -2.09. The van der Waals surface area contributed by atoms with Crippen LogP contribution in [0.5, 0.6) is 0 Å². The number of amides is 1. The van der Waals surface area contributed by atoms with E-state index >= 15 is 0 Å². The summed E-state index contributed by atoms with van der Waals surface area (Å²) in [4.78, 5) is 17.1. The minimum Gasteiger partial charge on any atom is -0.349 e. The average Bonchev–Trinajstić information content (AvgIpc) is 3.40. The third kappa shape index (κ3) is 3.93. The molecule has 0 spiro atoms. The Morgan fingerprint density at radius 1 is 1.30 bits per heavy atom. The zero-order valence-corrected chi connectivity index (χ0v) is 16.3. The van der Waals surface area contributed by atoms with Gasteiger partial charge in [0.15, 0.2) is 5.65 Å². The topological polar surface area (TPSA) is 82.7 Å². The number of aromatic nitrogens is 3. The maximum Gasteiger partial charge on any atom is 0.251 e. The predicted molar refractivity (Wildman–Crippen MR) is 111 cm³/mol. The van der Waals surface area contributed by atoms with E-state index in [0.29, 0.717) is 17.3 Å². The largest absolute Gasteiger partial charge is 0.349 e. The van der Waals surface area contributed by atoms with Crippen LogP contribution in [0.2, 0.25) is 0 Å². The van der Waals surface area contributed by atoms with Crippen LogP contribution in [0.4, 0.5) is 5.82 Å². The highest BCUT2D eigenvalue weighted by Crippen LogP contribution is 2.28. The third-order valence-electron chi connectivity index (χ3n) is 4.59. The molecule has 140 valence electrons. The second-order valence-corrected chi connectivity index (χ2v) is 7.80. The number of carbonyl (C=O) groups excluding carboxylic acids is 1. The summed E-state index contributed by atoms with van der Waals surface area (Å²) in [6, 6.07) is 10.1. The number of H-pyrrole nitrogens is 1. The molecule has 7 heteroatoms. The van der Waals surface area contributed by atoms with Gasteiger partial charge < -0.3 is 10.0 Å². The van der Waals surface area contributed by atoms with Gasteiger partial charge in [-0.3, -0.25) is 9.89 Å². The summed E-state index contributed by atoms with van der Waals surface area (Å²) < 4.78 is 3.29. The first-order chi connectivity index (χ1) is 13.2. The number of fused-ring (bicyclic) bond motifs is 1. The highest BCUT2D eigenvalue weighted by Gasteiger charge is 2.24. The van der Waals surface area contributed by atoms with Crippen molar-refractivity contribution in [3.8, 4) is 11.3 Å². The minimum atomic E-state index is -0.0148. The molecule has 1 fully saturated rings. The van der Waals surface area contributed by atoms with Crippen molar-refractivity contribution in [2.45, 2.75) is 39.2 Å². The Bertz CT molecular complexity index is 980. The molecule has 0 atom stereocenters. The van der Waals surface area contributed by atoms with Crippen LogP contribution in [0.15, 0.2) is 30.3 Å². The molecule has 2 heterocycles. The molecule has 2 aromatic heterocycles. The van der Waals surface area contributed by atoms with Gasteiger partial charge in [0, 0.05) is 22.9 Å². The number of pyridine rings is 1. The Hall–Kier alpha value is -2.54. The Kier molecular flexibility index (Phi) is 5.03. The first-order valence-electron chi connectivity index (χ1n) is 9.30. The Labute approximate surface area is 162 Å². The first kappa shape index (κ1) is 17.9. The smallest absolute Gasteiger partial charge is 0.251 e. The Morgan fingerprint density at radius 2 is 2.15 bits per heavy atom. The van der Waals surface area contributed by atoms with Crippen molar-refractivity contribution >= 4 is 34.7 Å². The second kappa shape index (κ2) is 7.60. The van der Waals surface area contributed by atoms with E-state index in [2.05, 4.69) is 27.2 Å². The number of benzene rings is 1. The van der Waals surface area contributed by atoms with E-state index in [1.807, 2.05) is 37.3 Å². The fourth-order valence-electron chi connectivity index (χ4n) is 2.89. The summed E-state index contributed by atoms with van der Waals surface area (Å²) in [5, 5.41) is 11.3. The quantitative estimate of drug-likeness (QED) is 0.420. The van der Waals surface area contributed by atoms with Gasteiger partial charge in [0.25, 0.3) is 5.91 Å². The first-order valence-corrected chi connectivity index (χ1v) is 10.3.